The highest BCUT2D eigenvalue weighted by molar-refractivity contribution is 6.24. The van der Waals surface area contributed by atoms with Crippen LogP contribution in [-0.2, 0) is 0 Å². The number of nitrogens with zero attached hydrogens (tertiary/aromatic N) is 3. The average molecular weight is 324 g/mol. The van der Waals surface area contributed by atoms with E-state index in [-0.39, 0.29) is 5.91 Å². The first-order chi connectivity index (χ1) is 12.3. The van der Waals surface area contributed by atoms with Crippen LogP contribution in [0.2, 0.25) is 0 Å². The van der Waals surface area contributed by atoms with Crippen molar-refractivity contribution < 1.29 is 4.79 Å². The quantitative estimate of drug-likeness (QED) is 0.498. The number of pyridine rings is 1. The molecule has 25 heavy (non-hydrogen) atoms. The third-order valence-electron chi connectivity index (χ3n) is 4.40. The molecular formula is C20H12N4O. The highest BCUT2D eigenvalue weighted by Crippen LogP contribution is 2.35. The second-order valence-electron chi connectivity index (χ2n) is 5.86. The largest absolute Gasteiger partial charge is 0.306 e. The van der Waals surface area contributed by atoms with Gasteiger partial charge in [-0.25, -0.2) is 15.0 Å². The number of aromatic nitrogens is 3. The molecule has 0 aliphatic rings. The Morgan fingerprint density at radius 2 is 1.56 bits per heavy atom. The zero-order valence-electron chi connectivity index (χ0n) is 13.1. The van der Waals surface area contributed by atoms with Gasteiger partial charge in [-0.3, -0.25) is 4.79 Å². The Kier molecular flexibility index (Phi) is 2.87. The van der Waals surface area contributed by atoms with E-state index in [1.807, 2.05) is 42.5 Å². The van der Waals surface area contributed by atoms with Gasteiger partial charge in [0, 0.05) is 33.3 Å². The third-order valence-corrected chi connectivity index (χ3v) is 4.40. The van der Waals surface area contributed by atoms with Crippen LogP contribution in [0.1, 0.15) is 10.4 Å². The Morgan fingerprint density at radius 3 is 2.36 bits per heavy atom. The fourth-order valence-electron chi connectivity index (χ4n) is 3.23. The zero-order valence-corrected chi connectivity index (χ0v) is 13.1. The first kappa shape index (κ1) is 13.8. The zero-order chi connectivity index (χ0) is 16.8. The van der Waals surface area contributed by atoms with Crippen molar-refractivity contribution in [3.8, 4) is 0 Å². The van der Waals surface area contributed by atoms with Gasteiger partial charge in [0.25, 0.3) is 5.91 Å². The van der Waals surface area contributed by atoms with E-state index < -0.39 is 0 Å². The number of nitrogens with one attached hydrogen (secondary N) is 1. The van der Waals surface area contributed by atoms with Gasteiger partial charge in [0.2, 0.25) is 0 Å². The van der Waals surface area contributed by atoms with Crippen molar-refractivity contribution in [2.24, 2.45) is 0 Å². The second-order valence-corrected chi connectivity index (χ2v) is 5.86. The van der Waals surface area contributed by atoms with Crippen LogP contribution in [0, 0.1) is 0 Å². The fraction of sp³-hybridized carbons (Fsp3) is 0. The van der Waals surface area contributed by atoms with Crippen molar-refractivity contribution in [3.63, 3.8) is 0 Å². The molecule has 3 aromatic carbocycles. The lowest BCUT2D eigenvalue weighted by Crippen LogP contribution is -2.13. The minimum atomic E-state index is -0.181. The van der Waals surface area contributed by atoms with E-state index in [1.54, 1.807) is 24.7 Å². The van der Waals surface area contributed by atoms with Gasteiger partial charge in [0.05, 0.1) is 11.0 Å². The van der Waals surface area contributed by atoms with Crippen molar-refractivity contribution in [3.05, 3.63) is 72.7 Å². The molecule has 1 amide bonds. The maximum absolute atomic E-state index is 12.5. The Morgan fingerprint density at radius 1 is 0.800 bits per heavy atom. The summed E-state index contributed by atoms with van der Waals surface area (Å²) in [4.78, 5) is 25.7. The van der Waals surface area contributed by atoms with Crippen LogP contribution >= 0.6 is 0 Å². The van der Waals surface area contributed by atoms with Gasteiger partial charge < -0.3 is 5.32 Å². The molecule has 5 aromatic rings. The van der Waals surface area contributed by atoms with Crippen molar-refractivity contribution >= 4 is 44.3 Å². The number of anilines is 1. The van der Waals surface area contributed by atoms with E-state index in [4.69, 9.17) is 0 Å². The van der Waals surface area contributed by atoms with E-state index in [0.717, 1.165) is 32.6 Å². The summed E-state index contributed by atoms with van der Waals surface area (Å²) < 4.78 is 0. The molecule has 5 heteroatoms. The fourth-order valence-corrected chi connectivity index (χ4v) is 3.23. The molecule has 0 atom stereocenters. The van der Waals surface area contributed by atoms with Gasteiger partial charge in [-0.15, -0.1) is 0 Å². The van der Waals surface area contributed by atoms with E-state index in [9.17, 15) is 4.79 Å². The summed E-state index contributed by atoms with van der Waals surface area (Å²) in [5, 5.41) is 6.82. The summed E-state index contributed by atoms with van der Waals surface area (Å²) in [7, 11) is 0. The van der Waals surface area contributed by atoms with Crippen LogP contribution in [0.25, 0.3) is 32.6 Å². The van der Waals surface area contributed by atoms with Crippen LogP contribution < -0.4 is 5.32 Å². The van der Waals surface area contributed by atoms with Crippen LogP contribution in [0.3, 0.4) is 0 Å². The Bertz CT molecular complexity index is 1220. The summed E-state index contributed by atoms with van der Waals surface area (Å²) in [5.41, 5.74) is 2.36. The van der Waals surface area contributed by atoms with Crippen LogP contribution in [0.5, 0.6) is 0 Å². The molecule has 0 saturated carbocycles. The third kappa shape index (κ3) is 2.10. The van der Waals surface area contributed by atoms with Gasteiger partial charge >= 0.3 is 0 Å². The molecule has 5 rings (SSSR count). The number of carbonyl (C=O) groups is 1. The highest BCUT2D eigenvalue weighted by atomic mass is 16.1. The monoisotopic (exact) mass is 324 g/mol. The number of hydrogen-bond acceptors (Lipinski definition) is 4. The maximum atomic E-state index is 12.5. The Balaban J connectivity index is 1.73. The van der Waals surface area contributed by atoms with Crippen molar-refractivity contribution in [2.75, 3.05) is 5.32 Å². The van der Waals surface area contributed by atoms with Gasteiger partial charge in [-0.05, 0) is 30.3 Å². The molecule has 118 valence electrons. The molecule has 1 N–H and O–H groups in total. The van der Waals surface area contributed by atoms with Crippen LogP contribution in [-0.4, -0.2) is 20.9 Å². The number of rotatable bonds is 2. The first-order valence-electron chi connectivity index (χ1n) is 7.92. The summed E-state index contributed by atoms with van der Waals surface area (Å²) in [6, 6.07) is 17.0. The van der Waals surface area contributed by atoms with Gasteiger partial charge in [0.15, 0.2) is 0 Å². The van der Waals surface area contributed by atoms with E-state index in [0.29, 0.717) is 11.4 Å². The van der Waals surface area contributed by atoms with Crippen molar-refractivity contribution in [2.45, 2.75) is 0 Å². The minimum Gasteiger partial charge on any atom is -0.306 e. The number of hydrogen-bond donors (Lipinski definition) is 1. The summed E-state index contributed by atoms with van der Waals surface area (Å²) >= 11 is 0. The standard InChI is InChI=1S/C20H12N4O/c25-20(12-4-2-1-3-5-12)24-19-14-7-9-16-18-15(22-11-23-16)8-6-13(10-21-19)17(14)18/h1-11H,(H,21,24,25). The topological polar surface area (TPSA) is 67.8 Å². The molecule has 0 radical (unpaired) electrons. The second kappa shape index (κ2) is 5.21. The van der Waals surface area contributed by atoms with E-state index in [1.165, 1.54) is 0 Å². The molecule has 0 spiro atoms. The van der Waals surface area contributed by atoms with Crippen LogP contribution in [0.4, 0.5) is 5.82 Å². The number of amides is 1. The van der Waals surface area contributed by atoms with Gasteiger partial charge in [0.1, 0.15) is 12.1 Å². The summed E-state index contributed by atoms with van der Waals surface area (Å²) in [6.45, 7) is 0. The maximum Gasteiger partial charge on any atom is 0.256 e. The predicted octanol–water partition coefficient (Wildman–Crippen LogP) is 4.02. The molecular weight excluding hydrogens is 312 g/mol. The molecule has 0 unspecified atom stereocenters. The van der Waals surface area contributed by atoms with Crippen LogP contribution in [0.15, 0.2) is 67.1 Å². The molecule has 0 aliphatic heterocycles. The highest BCUT2D eigenvalue weighted by Gasteiger charge is 2.14. The molecule has 0 bridgehead atoms. The van der Waals surface area contributed by atoms with E-state index in [2.05, 4.69) is 20.3 Å². The molecule has 2 heterocycles. The molecule has 0 aliphatic carbocycles. The summed E-state index contributed by atoms with van der Waals surface area (Å²) in [6.07, 6.45) is 3.34. The van der Waals surface area contributed by atoms with Crippen molar-refractivity contribution in [1.82, 2.24) is 15.0 Å². The molecule has 0 saturated heterocycles. The molecule has 5 nitrogen and oxygen atoms in total. The number of carbonyl (C=O) groups excluding carboxylic acids is 1. The molecule has 0 fully saturated rings. The van der Waals surface area contributed by atoms with Gasteiger partial charge in [-0.1, -0.05) is 24.3 Å². The summed E-state index contributed by atoms with van der Waals surface area (Å²) in [5.74, 6) is 0.360. The normalized spacial score (nSPS) is 11.4. The lowest BCUT2D eigenvalue weighted by molar-refractivity contribution is 0.102. The molecule has 2 aromatic heterocycles. The van der Waals surface area contributed by atoms with Gasteiger partial charge in [-0.2, -0.15) is 0 Å². The average Bonchev–Trinajstić information content (AvgIpc) is 2.68. The number of benzene rings is 3. The predicted molar refractivity (Wildman–Crippen MR) is 97.9 cm³/mol. The SMILES string of the molecule is O=C(Nc1ncc2ccc3ncnc4ccc1c2c34)c1ccccc1. The van der Waals surface area contributed by atoms with E-state index >= 15 is 0 Å². The lowest BCUT2D eigenvalue weighted by atomic mass is 10.0. The van der Waals surface area contributed by atoms with Crippen molar-refractivity contribution in [1.29, 1.82) is 0 Å². The Labute approximate surface area is 142 Å². The first-order valence-corrected chi connectivity index (χ1v) is 7.92. The minimum absolute atomic E-state index is 0.181. The lowest BCUT2D eigenvalue weighted by Gasteiger charge is -2.12. The smallest absolute Gasteiger partial charge is 0.256 e. The Hall–Kier alpha value is -3.60.